The van der Waals surface area contributed by atoms with E-state index >= 15 is 0 Å². The van der Waals surface area contributed by atoms with Crippen LogP contribution < -0.4 is 5.32 Å². The maximum absolute atomic E-state index is 11.5. The van der Waals surface area contributed by atoms with Gasteiger partial charge in [0.05, 0.1) is 6.10 Å². The molecule has 62 valence electrons. The van der Waals surface area contributed by atoms with E-state index in [1.165, 1.54) is 0 Å². The monoisotopic (exact) mass is 149 g/mol. The molecule has 0 aromatic heterocycles. The van der Waals surface area contributed by atoms with Gasteiger partial charge >= 0.3 is 0 Å². The fourth-order valence-electron chi connectivity index (χ4n) is 0.771. The summed E-state index contributed by atoms with van der Waals surface area (Å²) < 4.78 is 11.5. The average Bonchev–Trinajstić information content (AvgIpc) is 1.89. The summed E-state index contributed by atoms with van der Waals surface area (Å²) in [6.07, 6.45) is 1.45. The summed E-state index contributed by atoms with van der Waals surface area (Å²) in [4.78, 5) is 0. The lowest BCUT2D eigenvalue weighted by atomic mass is 10.2. The minimum absolute atomic E-state index is 0.309. The highest BCUT2D eigenvalue weighted by molar-refractivity contribution is 4.57. The van der Waals surface area contributed by atoms with Gasteiger partial charge in [-0.3, -0.25) is 0 Å². The van der Waals surface area contributed by atoms with Crippen LogP contribution in [0.3, 0.4) is 0 Å². The standard InChI is InChI=1S/C7H16FNO/c1-2-3-7(10)6-9-5-4-8/h7,9-10H,2-6H2,1H3. The predicted octanol–water partition coefficient (Wildman–Crippen LogP) is 0.707. The van der Waals surface area contributed by atoms with Crippen LogP contribution in [0.1, 0.15) is 19.8 Å². The topological polar surface area (TPSA) is 32.3 Å². The lowest BCUT2D eigenvalue weighted by Gasteiger charge is -2.08. The van der Waals surface area contributed by atoms with Crippen LogP contribution in [0.25, 0.3) is 0 Å². The zero-order valence-corrected chi connectivity index (χ0v) is 6.44. The van der Waals surface area contributed by atoms with Gasteiger partial charge in [-0.2, -0.15) is 0 Å². The number of aliphatic hydroxyl groups is 1. The predicted molar refractivity (Wildman–Crippen MR) is 39.8 cm³/mol. The quantitative estimate of drug-likeness (QED) is 0.545. The lowest BCUT2D eigenvalue weighted by molar-refractivity contribution is 0.160. The van der Waals surface area contributed by atoms with Crippen molar-refractivity contribution in [3.05, 3.63) is 0 Å². The van der Waals surface area contributed by atoms with Crippen molar-refractivity contribution in [1.82, 2.24) is 5.32 Å². The zero-order valence-electron chi connectivity index (χ0n) is 6.44. The van der Waals surface area contributed by atoms with Crippen LogP contribution in [0.15, 0.2) is 0 Å². The summed E-state index contributed by atoms with van der Waals surface area (Å²) in [5.74, 6) is 0. The van der Waals surface area contributed by atoms with E-state index in [4.69, 9.17) is 5.11 Å². The SMILES string of the molecule is CCCC(O)CNCCF. The number of aliphatic hydroxyl groups excluding tert-OH is 1. The summed E-state index contributed by atoms with van der Waals surface area (Å²) >= 11 is 0. The lowest BCUT2D eigenvalue weighted by Crippen LogP contribution is -2.28. The number of hydrogen-bond donors (Lipinski definition) is 2. The molecule has 0 aliphatic rings. The van der Waals surface area contributed by atoms with Gasteiger partial charge in [0.25, 0.3) is 0 Å². The van der Waals surface area contributed by atoms with Crippen molar-refractivity contribution in [2.24, 2.45) is 0 Å². The van der Waals surface area contributed by atoms with Crippen molar-refractivity contribution < 1.29 is 9.50 Å². The van der Waals surface area contributed by atoms with E-state index in [0.29, 0.717) is 13.1 Å². The first kappa shape index (κ1) is 9.85. The fourth-order valence-corrected chi connectivity index (χ4v) is 0.771. The molecule has 3 heteroatoms. The number of rotatable bonds is 6. The normalized spacial score (nSPS) is 13.5. The van der Waals surface area contributed by atoms with Gasteiger partial charge in [0.2, 0.25) is 0 Å². The molecule has 0 saturated heterocycles. The van der Waals surface area contributed by atoms with E-state index < -0.39 is 0 Å². The van der Waals surface area contributed by atoms with Crippen molar-refractivity contribution in [2.75, 3.05) is 19.8 Å². The molecular formula is C7H16FNO. The molecule has 0 aromatic rings. The summed E-state index contributed by atoms with van der Waals surface area (Å²) in [5, 5.41) is 11.9. The number of halogens is 1. The molecule has 0 aliphatic heterocycles. The molecule has 0 fully saturated rings. The van der Waals surface area contributed by atoms with Gasteiger partial charge in [-0.15, -0.1) is 0 Å². The molecule has 0 aromatic carbocycles. The highest BCUT2D eigenvalue weighted by Crippen LogP contribution is 1.92. The third-order valence-electron chi connectivity index (χ3n) is 1.27. The minimum Gasteiger partial charge on any atom is -0.392 e. The summed E-state index contributed by atoms with van der Waals surface area (Å²) in [6, 6.07) is 0. The van der Waals surface area contributed by atoms with Crippen LogP contribution >= 0.6 is 0 Å². The molecule has 0 radical (unpaired) electrons. The van der Waals surface area contributed by atoms with Gasteiger partial charge in [-0.05, 0) is 6.42 Å². The molecule has 0 spiro atoms. The smallest absolute Gasteiger partial charge is 0.102 e. The van der Waals surface area contributed by atoms with Crippen molar-refractivity contribution in [1.29, 1.82) is 0 Å². The van der Waals surface area contributed by atoms with Gasteiger partial charge in [-0.1, -0.05) is 13.3 Å². The third-order valence-corrected chi connectivity index (χ3v) is 1.27. The van der Waals surface area contributed by atoms with Gasteiger partial charge in [-0.25, -0.2) is 4.39 Å². The number of alkyl halides is 1. The Hall–Kier alpha value is -0.150. The van der Waals surface area contributed by atoms with Crippen molar-refractivity contribution >= 4 is 0 Å². The molecule has 1 atom stereocenters. The van der Waals surface area contributed by atoms with E-state index in [2.05, 4.69) is 5.32 Å². The van der Waals surface area contributed by atoms with Gasteiger partial charge in [0.15, 0.2) is 0 Å². The second kappa shape index (κ2) is 6.96. The summed E-state index contributed by atoms with van der Waals surface area (Å²) in [6.45, 7) is 2.51. The Balaban J connectivity index is 2.97. The van der Waals surface area contributed by atoms with E-state index in [1.54, 1.807) is 0 Å². The van der Waals surface area contributed by atoms with Gasteiger partial charge in [0, 0.05) is 13.1 Å². The maximum Gasteiger partial charge on any atom is 0.102 e. The molecule has 10 heavy (non-hydrogen) atoms. The Bertz CT molecular complexity index is 70.6. The zero-order chi connectivity index (χ0) is 7.82. The fraction of sp³-hybridized carbons (Fsp3) is 1.00. The molecule has 0 heterocycles. The highest BCUT2D eigenvalue weighted by Gasteiger charge is 1.99. The number of hydrogen-bond acceptors (Lipinski definition) is 2. The van der Waals surface area contributed by atoms with Crippen LogP contribution in [0.4, 0.5) is 4.39 Å². The van der Waals surface area contributed by atoms with E-state index in [-0.39, 0.29) is 12.8 Å². The van der Waals surface area contributed by atoms with Crippen LogP contribution in [0.5, 0.6) is 0 Å². The Morgan fingerprint density at radius 3 is 2.80 bits per heavy atom. The average molecular weight is 149 g/mol. The van der Waals surface area contributed by atoms with Gasteiger partial charge in [0.1, 0.15) is 6.67 Å². The minimum atomic E-state index is -0.362. The Morgan fingerprint density at radius 2 is 2.30 bits per heavy atom. The van der Waals surface area contributed by atoms with Gasteiger partial charge < -0.3 is 10.4 Å². The maximum atomic E-state index is 11.5. The molecule has 0 aliphatic carbocycles. The molecule has 2 N–H and O–H groups in total. The van der Waals surface area contributed by atoms with Crippen LogP contribution in [-0.4, -0.2) is 31.0 Å². The highest BCUT2D eigenvalue weighted by atomic mass is 19.1. The van der Waals surface area contributed by atoms with Crippen molar-refractivity contribution in [2.45, 2.75) is 25.9 Å². The molecule has 0 amide bonds. The second-order valence-electron chi connectivity index (χ2n) is 2.34. The molecule has 0 bridgehead atoms. The van der Waals surface area contributed by atoms with Crippen molar-refractivity contribution in [3.63, 3.8) is 0 Å². The van der Waals surface area contributed by atoms with Crippen LogP contribution in [-0.2, 0) is 0 Å². The third kappa shape index (κ3) is 5.98. The van der Waals surface area contributed by atoms with Crippen molar-refractivity contribution in [3.8, 4) is 0 Å². The van der Waals surface area contributed by atoms with E-state index in [1.807, 2.05) is 6.92 Å². The molecule has 0 saturated carbocycles. The Kier molecular flexibility index (Phi) is 6.86. The Labute approximate surface area is 61.4 Å². The van der Waals surface area contributed by atoms with E-state index in [0.717, 1.165) is 12.8 Å². The summed E-state index contributed by atoms with van der Waals surface area (Å²) in [5.41, 5.74) is 0. The molecule has 2 nitrogen and oxygen atoms in total. The Morgan fingerprint density at radius 1 is 1.60 bits per heavy atom. The molecule has 1 unspecified atom stereocenters. The first-order valence-electron chi connectivity index (χ1n) is 3.76. The number of nitrogens with one attached hydrogen (secondary N) is 1. The second-order valence-corrected chi connectivity index (χ2v) is 2.34. The largest absolute Gasteiger partial charge is 0.392 e. The van der Waals surface area contributed by atoms with E-state index in [9.17, 15) is 4.39 Å². The van der Waals surface area contributed by atoms with Crippen LogP contribution in [0, 0.1) is 0 Å². The first-order chi connectivity index (χ1) is 4.81. The first-order valence-corrected chi connectivity index (χ1v) is 3.76. The summed E-state index contributed by atoms with van der Waals surface area (Å²) in [7, 11) is 0. The molecular weight excluding hydrogens is 133 g/mol. The van der Waals surface area contributed by atoms with Crippen LogP contribution in [0.2, 0.25) is 0 Å². The molecule has 0 rings (SSSR count).